The van der Waals surface area contributed by atoms with Crippen molar-refractivity contribution >= 4 is 11.6 Å². The molecule has 1 heterocycles. The molecule has 4 nitrogen and oxygen atoms in total. The summed E-state index contributed by atoms with van der Waals surface area (Å²) in [5, 5.41) is 3.00. The van der Waals surface area contributed by atoms with Crippen LogP contribution in [0.3, 0.4) is 0 Å². The molecular weight excluding hydrogens is 276 g/mol. The highest BCUT2D eigenvalue weighted by Crippen LogP contribution is 2.23. The van der Waals surface area contributed by atoms with Crippen molar-refractivity contribution in [3.05, 3.63) is 65.7 Å². The number of para-hydroxylation sites is 1. The van der Waals surface area contributed by atoms with Crippen molar-refractivity contribution in [2.24, 2.45) is 5.92 Å². The van der Waals surface area contributed by atoms with Crippen molar-refractivity contribution in [1.29, 1.82) is 0 Å². The second kappa shape index (κ2) is 7.20. The van der Waals surface area contributed by atoms with E-state index in [1.54, 1.807) is 0 Å². The summed E-state index contributed by atoms with van der Waals surface area (Å²) in [4.78, 5) is 17.7. The summed E-state index contributed by atoms with van der Waals surface area (Å²) in [6.07, 6.45) is 1.73. The maximum Gasteiger partial charge on any atom is 0.228 e. The van der Waals surface area contributed by atoms with Crippen molar-refractivity contribution < 1.29 is 9.63 Å². The second-order valence-corrected chi connectivity index (χ2v) is 5.50. The predicted octanol–water partition coefficient (Wildman–Crippen LogP) is 2.91. The van der Waals surface area contributed by atoms with Gasteiger partial charge in [0.05, 0.1) is 12.5 Å². The molecule has 0 fully saturated rings. The molecule has 0 saturated carbocycles. The molecule has 2 aromatic carbocycles. The Labute approximate surface area is 130 Å². The summed E-state index contributed by atoms with van der Waals surface area (Å²) in [6.45, 7) is 1.02. The van der Waals surface area contributed by atoms with Crippen LogP contribution in [0.15, 0.2) is 54.6 Å². The molecule has 0 bridgehead atoms. The SMILES string of the molecule is O=C1Nc2ccccc2CCC1CNOCc1ccccc1. The molecular formula is C18H20N2O2. The van der Waals surface area contributed by atoms with Crippen LogP contribution in [0.1, 0.15) is 17.5 Å². The Hall–Kier alpha value is -2.17. The normalized spacial score (nSPS) is 17.5. The summed E-state index contributed by atoms with van der Waals surface area (Å²) < 4.78 is 0. The minimum atomic E-state index is -0.0804. The van der Waals surface area contributed by atoms with E-state index < -0.39 is 0 Å². The lowest BCUT2D eigenvalue weighted by molar-refractivity contribution is -0.121. The van der Waals surface area contributed by atoms with Gasteiger partial charge in [0.15, 0.2) is 0 Å². The smallest absolute Gasteiger partial charge is 0.228 e. The molecule has 22 heavy (non-hydrogen) atoms. The largest absolute Gasteiger partial charge is 0.326 e. The van der Waals surface area contributed by atoms with Crippen molar-refractivity contribution in [3.63, 3.8) is 0 Å². The van der Waals surface area contributed by atoms with E-state index in [1.165, 1.54) is 5.56 Å². The molecule has 1 unspecified atom stereocenters. The molecule has 1 atom stereocenters. The molecule has 1 aliphatic rings. The fraction of sp³-hybridized carbons (Fsp3) is 0.278. The third kappa shape index (κ3) is 3.72. The Morgan fingerprint density at radius 3 is 2.73 bits per heavy atom. The molecule has 2 aromatic rings. The molecule has 0 spiro atoms. The van der Waals surface area contributed by atoms with E-state index in [9.17, 15) is 4.79 Å². The quantitative estimate of drug-likeness (QED) is 0.659. The number of fused-ring (bicyclic) bond motifs is 1. The van der Waals surface area contributed by atoms with Gasteiger partial charge in [-0.05, 0) is 30.0 Å². The van der Waals surface area contributed by atoms with Crippen LogP contribution in [0, 0.1) is 5.92 Å². The van der Waals surface area contributed by atoms with Crippen molar-refractivity contribution in [2.45, 2.75) is 19.4 Å². The first kappa shape index (κ1) is 14.8. The number of nitrogens with one attached hydrogen (secondary N) is 2. The van der Waals surface area contributed by atoms with Crippen LogP contribution in [0.5, 0.6) is 0 Å². The van der Waals surface area contributed by atoms with Crippen LogP contribution in [-0.2, 0) is 22.7 Å². The lowest BCUT2D eigenvalue weighted by atomic mass is 10.0. The van der Waals surface area contributed by atoms with Gasteiger partial charge < -0.3 is 5.32 Å². The van der Waals surface area contributed by atoms with Gasteiger partial charge in [0.2, 0.25) is 5.91 Å². The van der Waals surface area contributed by atoms with Gasteiger partial charge >= 0.3 is 0 Å². The predicted molar refractivity (Wildman–Crippen MR) is 86.1 cm³/mol. The highest BCUT2D eigenvalue weighted by Gasteiger charge is 2.23. The monoisotopic (exact) mass is 296 g/mol. The molecule has 1 aliphatic heterocycles. The van der Waals surface area contributed by atoms with Gasteiger partial charge in [-0.15, -0.1) is 0 Å². The van der Waals surface area contributed by atoms with Crippen LogP contribution in [0.4, 0.5) is 5.69 Å². The molecule has 0 saturated heterocycles. The number of rotatable bonds is 5. The standard InChI is InChI=1S/C18H20N2O2/c21-18-16(11-10-15-8-4-5-9-17(15)20-18)12-19-22-13-14-6-2-1-3-7-14/h1-9,16,19H,10-13H2,(H,20,21). The average molecular weight is 296 g/mol. The summed E-state index contributed by atoms with van der Waals surface area (Å²) in [7, 11) is 0. The summed E-state index contributed by atoms with van der Waals surface area (Å²) >= 11 is 0. The number of benzene rings is 2. The first-order valence-electron chi connectivity index (χ1n) is 7.60. The Balaban J connectivity index is 1.48. The van der Waals surface area contributed by atoms with Gasteiger partial charge in [0.25, 0.3) is 0 Å². The van der Waals surface area contributed by atoms with Crippen LogP contribution >= 0.6 is 0 Å². The number of carbonyl (C=O) groups excluding carboxylic acids is 1. The van der Waals surface area contributed by atoms with E-state index in [-0.39, 0.29) is 11.8 Å². The maximum absolute atomic E-state index is 12.2. The van der Waals surface area contributed by atoms with E-state index in [1.807, 2.05) is 48.5 Å². The number of aryl methyl sites for hydroxylation is 1. The van der Waals surface area contributed by atoms with Gasteiger partial charge in [-0.3, -0.25) is 9.63 Å². The molecule has 0 aromatic heterocycles. The van der Waals surface area contributed by atoms with Gasteiger partial charge in [-0.1, -0.05) is 48.5 Å². The highest BCUT2D eigenvalue weighted by molar-refractivity contribution is 5.94. The molecule has 4 heteroatoms. The lowest BCUT2D eigenvalue weighted by Crippen LogP contribution is -2.31. The summed E-state index contributed by atoms with van der Waals surface area (Å²) in [6, 6.07) is 17.9. The van der Waals surface area contributed by atoms with Gasteiger partial charge in [-0.2, -0.15) is 0 Å². The van der Waals surface area contributed by atoms with Gasteiger partial charge in [0, 0.05) is 12.2 Å². The highest BCUT2D eigenvalue weighted by atomic mass is 16.6. The molecule has 0 radical (unpaired) electrons. The minimum Gasteiger partial charge on any atom is -0.326 e. The molecule has 114 valence electrons. The van der Waals surface area contributed by atoms with E-state index in [2.05, 4.69) is 16.9 Å². The van der Waals surface area contributed by atoms with Crippen molar-refractivity contribution in [2.75, 3.05) is 11.9 Å². The number of hydroxylamine groups is 1. The Kier molecular flexibility index (Phi) is 4.83. The van der Waals surface area contributed by atoms with Crippen LogP contribution in [0.2, 0.25) is 0 Å². The van der Waals surface area contributed by atoms with Crippen molar-refractivity contribution in [3.8, 4) is 0 Å². The van der Waals surface area contributed by atoms with E-state index in [4.69, 9.17) is 4.84 Å². The Bertz CT molecular complexity index is 628. The number of carbonyl (C=O) groups is 1. The zero-order valence-electron chi connectivity index (χ0n) is 12.4. The summed E-state index contributed by atoms with van der Waals surface area (Å²) in [5.41, 5.74) is 6.16. The van der Waals surface area contributed by atoms with Crippen LogP contribution in [-0.4, -0.2) is 12.5 Å². The zero-order chi connectivity index (χ0) is 15.2. The third-order valence-electron chi connectivity index (χ3n) is 3.92. The van der Waals surface area contributed by atoms with E-state index in [0.717, 1.165) is 24.1 Å². The minimum absolute atomic E-state index is 0.0563. The maximum atomic E-state index is 12.2. The lowest BCUT2D eigenvalue weighted by Gasteiger charge is -2.14. The molecule has 1 amide bonds. The molecule has 0 aliphatic carbocycles. The fourth-order valence-corrected chi connectivity index (χ4v) is 2.62. The number of amides is 1. The third-order valence-corrected chi connectivity index (χ3v) is 3.92. The van der Waals surface area contributed by atoms with E-state index in [0.29, 0.717) is 13.2 Å². The van der Waals surface area contributed by atoms with Crippen molar-refractivity contribution in [1.82, 2.24) is 5.48 Å². The molecule has 3 rings (SSSR count). The Morgan fingerprint density at radius 2 is 1.86 bits per heavy atom. The first-order chi connectivity index (χ1) is 10.8. The first-order valence-corrected chi connectivity index (χ1v) is 7.60. The van der Waals surface area contributed by atoms with Crippen LogP contribution in [0.25, 0.3) is 0 Å². The van der Waals surface area contributed by atoms with Crippen LogP contribution < -0.4 is 10.8 Å². The second-order valence-electron chi connectivity index (χ2n) is 5.50. The Morgan fingerprint density at radius 1 is 1.09 bits per heavy atom. The zero-order valence-corrected chi connectivity index (χ0v) is 12.4. The number of hydrogen-bond donors (Lipinski definition) is 2. The topological polar surface area (TPSA) is 50.4 Å². The molecule has 2 N–H and O–H groups in total. The van der Waals surface area contributed by atoms with Gasteiger partial charge in [0.1, 0.15) is 0 Å². The average Bonchev–Trinajstić information content (AvgIpc) is 2.71. The number of anilines is 1. The van der Waals surface area contributed by atoms with Gasteiger partial charge in [-0.25, -0.2) is 5.48 Å². The fourth-order valence-electron chi connectivity index (χ4n) is 2.62. The summed E-state index contributed by atoms with van der Waals surface area (Å²) in [5.74, 6) is -0.0241. The number of hydrogen-bond acceptors (Lipinski definition) is 3. The van der Waals surface area contributed by atoms with E-state index >= 15 is 0 Å².